The molecular weight excluding hydrogens is 258 g/mol. The molecule has 0 saturated heterocycles. The van der Waals surface area contributed by atoms with Gasteiger partial charge < -0.3 is 10.1 Å². The Morgan fingerprint density at radius 1 is 1.10 bits per heavy atom. The second-order valence-corrected chi connectivity index (χ2v) is 5.46. The lowest BCUT2D eigenvalue weighted by Crippen LogP contribution is -2.24. The van der Waals surface area contributed by atoms with Gasteiger partial charge in [-0.05, 0) is 61.2 Å². The monoisotopic (exact) mass is 283 g/mol. The van der Waals surface area contributed by atoms with E-state index in [9.17, 15) is 0 Å². The van der Waals surface area contributed by atoms with Gasteiger partial charge in [0.15, 0.2) is 0 Å². The molecule has 0 saturated carbocycles. The molecule has 2 rings (SSSR count). The number of hydrogen-bond donors (Lipinski definition) is 1. The van der Waals surface area contributed by atoms with Gasteiger partial charge in [-0.15, -0.1) is 0 Å². The van der Waals surface area contributed by atoms with Gasteiger partial charge in [-0.3, -0.25) is 0 Å². The van der Waals surface area contributed by atoms with E-state index in [-0.39, 0.29) is 0 Å². The first-order valence-corrected chi connectivity index (χ1v) is 7.58. The maximum atomic E-state index is 5.32. The lowest BCUT2D eigenvalue weighted by Gasteiger charge is -2.22. The average molecular weight is 283 g/mol. The number of benzene rings is 2. The fourth-order valence-electron chi connectivity index (χ4n) is 2.72. The highest BCUT2D eigenvalue weighted by Gasteiger charge is 2.14. The second kappa shape index (κ2) is 7.28. The predicted octanol–water partition coefficient (Wildman–Crippen LogP) is 4.21. The molecule has 0 amide bonds. The standard InChI is InChI=1S/C19H25NO/c1-5-20-19(18-11-6-8-14(2)15(18)3)13-16-9-7-10-17(12-16)21-4/h6-12,19-20H,5,13H2,1-4H3. The third kappa shape index (κ3) is 3.85. The van der Waals surface area contributed by atoms with E-state index >= 15 is 0 Å². The molecule has 1 N–H and O–H groups in total. The van der Waals surface area contributed by atoms with Gasteiger partial charge in [-0.1, -0.05) is 37.3 Å². The minimum atomic E-state index is 0.335. The first-order valence-electron chi connectivity index (χ1n) is 7.58. The number of methoxy groups -OCH3 is 1. The summed E-state index contributed by atoms with van der Waals surface area (Å²) in [5.74, 6) is 0.920. The molecule has 1 unspecified atom stereocenters. The van der Waals surface area contributed by atoms with Crippen LogP contribution in [0.2, 0.25) is 0 Å². The zero-order chi connectivity index (χ0) is 15.2. The van der Waals surface area contributed by atoms with Gasteiger partial charge in [-0.2, -0.15) is 0 Å². The highest BCUT2D eigenvalue weighted by Crippen LogP contribution is 2.25. The van der Waals surface area contributed by atoms with Crippen LogP contribution in [0.3, 0.4) is 0 Å². The summed E-state index contributed by atoms with van der Waals surface area (Å²) < 4.78 is 5.32. The molecule has 1 atom stereocenters. The Balaban J connectivity index is 2.28. The summed E-state index contributed by atoms with van der Waals surface area (Å²) in [6.45, 7) is 7.50. The van der Waals surface area contributed by atoms with Crippen LogP contribution in [-0.4, -0.2) is 13.7 Å². The molecule has 0 bridgehead atoms. The fourth-order valence-corrected chi connectivity index (χ4v) is 2.72. The smallest absolute Gasteiger partial charge is 0.119 e. The number of ether oxygens (including phenoxy) is 1. The molecule has 0 spiro atoms. The van der Waals surface area contributed by atoms with Crippen LogP contribution >= 0.6 is 0 Å². The van der Waals surface area contributed by atoms with Crippen LogP contribution in [0.5, 0.6) is 5.75 Å². The van der Waals surface area contributed by atoms with Gasteiger partial charge in [0.25, 0.3) is 0 Å². The fraction of sp³-hybridized carbons (Fsp3) is 0.368. The number of aryl methyl sites for hydroxylation is 1. The summed E-state index contributed by atoms with van der Waals surface area (Å²) in [4.78, 5) is 0. The molecule has 2 aromatic rings. The van der Waals surface area contributed by atoms with Crippen LogP contribution in [-0.2, 0) is 6.42 Å². The quantitative estimate of drug-likeness (QED) is 0.857. The Morgan fingerprint density at radius 3 is 2.57 bits per heavy atom. The molecule has 0 heterocycles. The predicted molar refractivity (Wildman–Crippen MR) is 89.0 cm³/mol. The Hall–Kier alpha value is -1.80. The highest BCUT2D eigenvalue weighted by molar-refractivity contribution is 5.37. The molecule has 0 aliphatic rings. The molecule has 2 nitrogen and oxygen atoms in total. The summed E-state index contributed by atoms with van der Waals surface area (Å²) in [5.41, 5.74) is 5.41. The topological polar surface area (TPSA) is 21.3 Å². The minimum absolute atomic E-state index is 0.335. The molecular formula is C19H25NO. The van der Waals surface area contributed by atoms with Crippen molar-refractivity contribution in [3.63, 3.8) is 0 Å². The van der Waals surface area contributed by atoms with E-state index < -0.39 is 0 Å². The van der Waals surface area contributed by atoms with Crippen LogP contribution in [0.25, 0.3) is 0 Å². The van der Waals surface area contributed by atoms with Crippen molar-refractivity contribution in [2.75, 3.05) is 13.7 Å². The van der Waals surface area contributed by atoms with Crippen LogP contribution < -0.4 is 10.1 Å². The summed E-state index contributed by atoms with van der Waals surface area (Å²) >= 11 is 0. The van der Waals surface area contributed by atoms with Crippen LogP contribution in [0.4, 0.5) is 0 Å². The SMILES string of the molecule is CCNC(Cc1cccc(OC)c1)c1cccc(C)c1C. The lowest BCUT2D eigenvalue weighted by molar-refractivity contribution is 0.414. The third-order valence-electron chi connectivity index (χ3n) is 4.05. The molecule has 2 heteroatoms. The number of hydrogen-bond acceptors (Lipinski definition) is 2. The summed E-state index contributed by atoms with van der Waals surface area (Å²) in [6.07, 6.45) is 0.968. The molecule has 112 valence electrons. The largest absolute Gasteiger partial charge is 0.497 e. The van der Waals surface area contributed by atoms with E-state index in [2.05, 4.69) is 62.5 Å². The van der Waals surface area contributed by atoms with Crippen molar-refractivity contribution >= 4 is 0 Å². The Bertz CT molecular complexity index is 592. The number of likely N-dealkylation sites (N-methyl/N-ethyl adjacent to an activating group) is 1. The second-order valence-electron chi connectivity index (χ2n) is 5.46. The Kier molecular flexibility index (Phi) is 5.40. The van der Waals surface area contributed by atoms with Crippen LogP contribution in [0.1, 0.15) is 35.2 Å². The van der Waals surface area contributed by atoms with E-state index in [0.717, 1.165) is 18.7 Å². The maximum absolute atomic E-state index is 5.32. The number of nitrogens with one attached hydrogen (secondary N) is 1. The normalized spacial score (nSPS) is 12.2. The molecule has 0 fully saturated rings. The van der Waals surface area contributed by atoms with Gasteiger partial charge in [0.1, 0.15) is 5.75 Å². The summed E-state index contributed by atoms with van der Waals surface area (Å²) in [7, 11) is 1.71. The van der Waals surface area contributed by atoms with Gasteiger partial charge >= 0.3 is 0 Å². The Labute approximate surface area is 128 Å². The average Bonchev–Trinajstić information content (AvgIpc) is 2.50. The van der Waals surface area contributed by atoms with Gasteiger partial charge in [0.05, 0.1) is 7.11 Å². The van der Waals surface area contributed by atoms with Gasteiger partial charge in [0, 0.05) is 6.04 Å². The minimum Gasteiger partial charge on any atom is -0.497 e. The van der Waals surface area contributed by atoms with Crippen molar-refractivity contribution in [3.05, 3.63) is 64.7 Å². The van der Waals surface area contributed by atoms with E-state index in [1.54, 1.807) is 7.11 Å². The van der Waals surface area contributed by atoms with Crippen molar-refractivity contribution in [2.45, 2.75) is 33.2 Å². The zero-order valence-electron chi connectivity index (χ0n) is 13.4. The van der Waals surface area contributed by atoms with Crippen molar-refractivity contribution in [1.82, 2.24) is 5.32 Å². The van der Waals surface area contributed by atoms with Crippen molar-refractivity contribution in [3.8, 4) is 5.75 Å². The first-order chi connectivity index (χ1) is 10.2. The third-order valence-corrected chi connectivity index (χ3v) is 4.05. The number of rotatable bonds is 6. The maximum Gasteiger partial charge on any atom is 0.119 e. The molecule has 0 radical (unpaired) electrons. The molecule has 0 aliphatic heterocycles. The lowest BCUT2D eigenvalue weighted by atomic mass is 9.93. The van der Waals surface area contributed by atoms with Gasteiger partial charge in [0.2, 0.25) is 0 Å². The van der Waals surface area contributed by atoms with E-state index in [1.165, 1.54) is 22.3 Å². The molecule has 2 aromatic carbocycles. The highest BCUT2D eigenvalue weighted by atomic mass is 16.5. The first kappa shape index (κ1) is 15.6. The van der Waals surface area contributed by atoms with Crippen molar-refractivity contribution < 1.29 is 4.74 Å². The van der Waals surface area contributed by atoms with Crippen LogP contribution in [0.15, 0.2) is 42.5 Å². The molecule has 0 aromatic heterocycles. The van der Waals surface area contributed by atoms with Crippen LogP contribution in [0, 0.1) is 13.8 Å². The van der Waals surface area contributed by atoms with E-state index in [1.807, 2.05) is 6.07 Å². The summed E-state index contributed by atoms with van der Waals surface area (Å²) in [5, 5.41) is 3.61. The Morgan fingerprint density at radius 2 is 1.86 bits per heavy atom. The van der Waals surface area contributed by atoms with E-state index in [0.29, 0.717) is 6.04 Å². The van der Waals surface area contributed by atoms with Gasteiger partial charge in [-0.25, -0.2) is 0 Å². The molecule has 21 heavy (non-hydrogen) atoms. The van der Waals surface area contributed by atoms with Crippen molar-refractivity contribution in [2.24, 2.45) is 0 Å². The zero-order valence-corrected chi connectivity index (χ0v) is 13.4. The van der Waals surface area contributed by atoms with Crippen molar-refractivity contribution in [1.29, 1.82) is 0 Å². The summed E-state index contributed by atoms with van der Waals surface area (Å²) in [6, 6.07) is 15.2. The molecule has 0 aliphatic carbocycles. The van der Waals surface area contributed by atoms with E-state index in [4.69, 9.17) is 4.74 Å².